The second-order valence-electron chi connectivity index (χ2n) is 7.00. The van der Waals surface area contributed by atoms with Crippen LogP contribution in [-0.4, -0.2) is 50.7 Å². The molecule has 0 aliphatic carbocycles. The average molecular weight is 424 g/mol. The zero-order valence-electron chi connectivity index (χ0n) is 14.8. The maximum atomic E-state index is 12.0. The normalized spacial score (nSPS) is 14.6. The Morgan fingerprint density at radius 1 is 1.43 bits per heavy atom. The average Bonchev–Trinajstić information content (AvgIpc) is 2.86. The minimum atomic E-state index is -3.54. The summed E-state index contributed by atoms with van der Waals surface area (Å²) in [6, 6.07) is 0. The highest BCUT2D eigenvalue weighted by Crippen LogP contribution is 2.36. The Labute approximate surface area is 149 Å². The van der Waals surface area contributed by atoms with Gasteiger partial charge < -0.3 is 4.43 Å². The highest BCUT2D eigenvalue weighted by molar-refractivity contribution is 9.15. The Morgan fingerprint density at radius 2 is 2.00 bits per heavy atom. The highest BCUT2D eigenvalue weighted by Gasteiger charge is 2.36. The second-order valence-corrected chi connectivity index (χ2v) is 14.7. The molecule has 0 saturated carbocycles. The number of rotatable bonds is 6. The minimum Gasteiger partial charge on any atom is -0.413 e. The molecule has 132 valence electrons. The Balaban J connectivity index is 2.84. The Hall–Kier alpha value is -0.483. The van der Waals surface area contributed by atoms with Crippen LogP contribution in [-0.2, 0) is 14.6 Å². The minimum absolute atomic E-state index is 0.148. The van der Waals surface area contributed by atoms with E-state index >= 15 is 0 Å². The van der Waals surface area contributed by atoms with E-state index in [0.29, 0.717) is 16.8 Å². The van der Waals surface area contributed by atoms with Gasteiger partial charge in [0.05, 0.1) is 18.5 Å². The lowest BCUT2D eigenvalue weighted by Crippen LogP contribution is -2.40. The molecule has 6 nitrogen and oxygen atoms in total. The van der Waals surface area contributed by atoms with Gasteiger partial charge in [0.15, 0.2) is 8.32 Å². The van der Waals surface area contributed by atoms with Gasteiger partial charge in [0.2, 0.25) is 0 Å². The molecule has 1 aromatic rings. The predicted molar refractivity (Wildman–Crippen MR) is 100 cm³/mol. The summed E-state index contributed by atoms with van der Waals surface area (Å²) in [4.78, 5) is 4.13. The Kier molecular flexibility index (Phi) is 6.42. The summed E-state index contributed by atoms with van der Waals surface area (Å²) in [6.45, 7) is 11.4. The molecule has 0 aromatic carbocycles. The zero-order chi connectivity index (χ0) is 18.1. The van der Waals surface area contributed by atoms with Crippen molar-refractivity contribution in [1.82, 2.24) is 13.3 Å². The fourth-order valence-corrected chi connectivity index (χ4v) is 3.43. The van der Waals surface area contributed by atoms with E-state index < -0.39 is 18.5 Å². The Morgan fingerprint density at radius 3 is 2.48 bits per heavy atom. The zero-order valence-corrected chi connectivity index (χ0v) is 18.2. The third-order valence-electron chi connectivity index (χ3n) is 4.05. The molecule has 0 amide bonds. The number of halogens is 1. The number of hydrogen-bond donors (Lipinski definition) is 0. The standard InChI is InChI=1S/C14H26BrN3O3SSi/c1-14(2,3)23(6,7)21-9-8-12(15)13-10-18(11-16-13)22(19,20)17(4)5/h8,10-11H,9H2,1-7H3/b12-8-. The van der Waals surface area contributed by atoms with E-state index in [2.05, 4.69) is 54.8 Å². The third kappa shape index (κ3) is 4.99. The molecule has 0 bridgehead atoms. The van der Waals surface area contributed by atoms with E-state index in [1.165, 1.54) is 26.6 Å². The second kappa shape index (κ2) is 7.18. The lowest BCUT2D eigenvalue weighted by molar-refractivity contribution is 0.328. The number of aromatic nitrogens is 2. The summed E-state index contributed by atoms with van der Waals surface area (Å²) in [5, 5.41) is 0.148. The number of hydrogen-bond acceptors (Lipinski definition) is 4. The van der Waals surface area contributed by atoms with Gasteiger partial charge in [-0.15, -0.1) is 0 Å². The molecule has 0 unspecified atom stereocenters. The van der Waals surface area contributed by atoms with Crippen molar-refractivity contribution >= 4 is 38.9 Å². The van der Waals surface area contributed by atoms with Gasteiger partial charge in [0, 0.05) is 18.6 Å². The SMILES string of the molecule is CN(C)S(=O)(=O)n1cnc(/C(Br)=C/CO[Si](C)(C)C(C)(C)C)c1. The first kappa shape index (κ1) is 20.6. The van der Waals surface area contributed by atoms with Crippen molar-refractivity contribution in [3.05, 3.63) is 24.3 Å². The number of imidazole rings is 1. The molecule has 1 aromatic heterocycles. The van der Waals surface area contributed by atoms with Crippen LogP contribution < -0.4 is 0 Å². The van der Waals surface area contributed by atoms with Crippen LogP contribution in [0.25, 0.3) is 4.48 Å². The fraction of sp³-hybridized carbons (Fsp3) is 0.643. The summed E-state index contributed by atoms with van der Waals surface area (Å²) in [6.07, 6.45) is 4.63. The van der Waals surface area contributed by atoms with Gasteiger partial charge in [-0.25, -0.2) is 8.96 Å². The van der Waals surface area contributed by atoms with Gasteiger partial charge in [-0.1, -0.05) is 20.8 Å². The van der Waals surface area contributed by atoms with E-state index in [9.17, 15) is 8.42 Å². The summed E-state index contributed by atoms with van der Waals surface area (Å²) in [5.74, 6) is 0. The molecule has 0 aliphatic heterocycles. The molecule has 9 heteroatoms. The van der Waals surface area contributed by atoms with Gasteiger partial charge in [0.25, 0.3) is 0 Å². The van der Waals surface area contributed by atoms with Gasteiger partial charge in [-0.05, 0) is 40.1 Å². The molecule has 0 radical (unpaired) electrons. The van der Waals surface area contributed by atoms with E-state index in [1.54, 1.807) is 0 Å². The largest absolute Gasteiger partial charge is 0.413 e. The molecule has 1 rings (SSSR count). The fourth-order valence-electron chi connectivity index (χ4n) is 1.39. The third-order valence-corrected chi connectivity index (χ3v) is 10.9. The summed E-state index contributed by atoms with van der Waals surface area (Å²) < 4.78 is 33.0. The molecule has 1 heterocycles. The van der Waals surface area contributed by atoms with Crippen LogP contribution in [0.5, 0.6) is 0 Å². The molecule has 23 heavy (non-hydrogen) atoms. The van der Waals surface area contributed by atoms with E-state index in [1.807, 2.05) is 6.08 Å². The first-order valence-corrected chi connectivity index (χ1v) is 12.4. The Bertz CT molecular complexity index is 676. The first-order valence-electron chi connectivity index (χ1n) is 7.26. The predicted octanol–water partition coefficient (Wildman–Crippen LogP) is 3.30. The van der Waals surface area contributed by atoms with Crippen LogP contribution in [0.4, 0.5) is 0 Å². The lowest BCUT2D eigenvalue weighted by atomic mass is 10.2. The molecular weight excluding hydrogens is 398 g/mol. The summed E-state index contributed by atoms with van der Waals surface area (Å²) in [5.41, 5.74) is 0.550. The van der Waals surface area contributed by atoms with Gasteiger partial charge >= 0.3 is 10.2 Å². The van der Waals surface area contributed by atoms with Crippen LogP contribution in [0.1, 0.15) is 26.5 Å². The van der Waals surface area contributed by atoms with Crippen LogP contribution in [0, 0.1) is 0 Å². The molecule has 0 fully saturated rings. The van der Waals surface area contributed by atoms with Crippen molar-refractivity contribution < 1.29 is 12.8 Å². The first-order chi connectivity index (χ1) is 10.3. The van der Waals surface area contributed by atoms with Crippen molar-refractivity contribution in [3.63, 3.8) is 0 Å². The van der Waals surface area contributed by atoms with Crippen LogP contribution in [0.3, 0.4) is 0 Å². The van der Waals surface area contributed by atoms with Crippen molar-refractivity contribution in [2.45, 2.75) is 38.9 Å². The van der Waals surface area contributed by atoms with E-state index in [0.717, 1.165) is 8.28 Å². The molecule has 0 spiro atoms. The van der Waals surface area contributed by atoms with Gasteiger partial charge in [0.1, 0.15) is 6.33 Å². The van der Waals surface area contributed by atoms with Crippen molar-refractivity contribution in [2.75, 3.05) is 20.7 Å². The molecule has 0 N–H and O–H groups in total. The van der Waals surface area contributed by atoms with Gasteiger partial charge in [-0.2, -0.15) is 12.7 Å². The number of nitrogens with zero attached hydrogens (tertiary/aromatic N) is 3. The van der Waals surface area contributed by atoms with Crippen molar-refractivity contribution in [3.8, 4) is 0 Å². The van der Waals surface area contributed by atoms with E-state index in [-0.39, 0.29) is 5.04 Å². The maximum Gasteiger partial charge on any atom is 0.308 e. The molecule has 0 saturated heterocycles. The van der Waals surface area contributed by atoms with Gasteiger partial charge in [-0.3, -0.25) is 0 Å². The topological polar surface area (TPSA) is 64.4 Å². The monoisotopic (exact) mass is 423 g/mol. The smallest absolute Gasteiger partial charge is 0.308 e. The quantitative estimate of drug-likeness (QED) is 0.658. The summed E-state index contributed by atoms with van der Waals surface area (Å²) >= 11 is 3.43. The highest BCUT2D eigenvalue weighted by atomic mass is 79.9. The van der Waals surface area contributed by atoms with Crippen LogP contribution >= 0.6 is 15.9 Å². The molecule has 0 atom stereocenters. The lowest BCUT2D eigenvalue weighted by Gasteiger charge is -2.35. The summed E-state index contributed by atoms with van der Waals surface area (Å²) in [7, 11) is -2.39. The van der Waals surface area contributed by atoms with Crippen LogP contribution in [0.15, 0.2) is 18.6 Å². The maximum absolute atomic E-state index is 12.0. The van der Waals surface area contributed by atoms with Crippen molar-refractivity contribution in [1.29, 1.82) is 0 Å². The molecular formula is C14H26BrN3O3SSi. The van der Waals surface area contributed by atoms with E-state index in [4.69, 9.17) is 4.43 Å². The molecule has 0 aliphatic rings. The van der Waals surface area contributed by atoms with Crippen molar-refractivity contribution in [2.24, 2.45) is 0 Å². The van der Waals surface area contributed by atoms with Crippen LogP contribution in [0.2, 0.25) is 18.1 Å².